The normalized spacial score (nSPS) is 19.2. The van der Waals surface area contributed by atoms with Crippen molar-refractivity contribution in [3.8, 4) is 5.75 Å². The van der Waals surface area contributed by atoms with Crippen LogP contribution in [0.25, 0.3) is 0 Å². The van der Waals surface area contributed by atoms with E-state index in [0.29, 0.717) is 18.0 Å². The van der Waals surface area contributed by atoms with Gasteiger partial charge in [-0.3, -0.25) is 14.6 Å². The fraction of sp³-hybridized carbons (Fsp3) is 0.500. The van der Waals surface area contributed by atoms with Crippen LogP contribution in [-0.2, 0) is 17.9 Å². The molecule has 2 aromatic carbocycles. The number of rotatable bonds is 9. The summed E-state index contributed by atoms with van der Waals surface area (Å²) in [5.41, 5.74) is 8.76. The Balaban J connectivity index is 1.59. The maximum Gasteiger partial charge on any atom is 0.260 e. The first-order valence-corrected chi connectivity index (χ1v) is 11.8. The Morgan fingerprint density at radius 3 is 2.45 bits per heavy atom. The molecule has 1 heterocycles. The number of hydrogen-bond donors (Lipinski definition) is 1. The number of amides is 1. The van der Waals surface area contributed by atoms with Gasteiger partial charge < -0.3 is 15.4 Å². The second-order valence-corrected chi connectivity index (χ2v) is 8.92. The van der Waals surface area contributed by atoms with Crippen LogP contribution < -0.4 is 10.5 Å². The van der Waals surface area contributed by atoms with Crippen molar-refractivity contribution in [2.75, 3.05) is 38.5 Å². The van der Waals surface area contributed by atoms with E-state index in [-0.39, 0.29) is 30.4 Å². The molecule has 0 aliphatic carbocycles. The molecule has 2 atom stereocenters. The third-order valence-electron chi connectivity index (χ3n) is 6.46. The minimum atomic E-state index is -0.225. The third-order valence-corrected chi connectivity index (χ3v) is 6.46. The Morgan fingerprint density at radius 2 is 1.79 bits per heavy atom. The van der Waals surface area contributed by atoms with Crippen LogP contribution in [0.1, 0.15) is 38.8 Å². The number of carbonyl (C=O) groups excluding carboxylic acids is 1. The number of hydrogen-bond acceptors (Lipinski definition) is 5. The monoisotopic (exact) mass is 456 g/mol. The lowest BCUT2D eigenvalue weighted by Gasteiger charge is -2.44. The highest BCUT2D eigenvalue weighted by Crippen LogP contribution is 2.24. The first-order chi connectivity index (χ1) is 15.8. The second-order valence-electron chi connectivity index (χ2n) is 8.92. The molecule has 0 unspecified atom stereocenters. The predicted molar refractivity (Wildman–Crippen MR) is 130 cm³/mol. The van der Waals surface area contributed by atoms with E-state index < -0.39 is 0 Å². The zero-order chi connectivity index (χ0) is 24.0. The van der Waals surface area contributed by atoms with Crippen LogP contribution in [0.15, 0.2) is 42.5 Å². The lowest BCUT2D eigenvalue weighted by atomic mass is 10.1. The topological polar surface area (TPSA) is 62.0 Å². The number of nitrogens with zero attached hydrogens (tertiary/aromatic N) is 3. The molecule has 1 aliphatic rings. The molecule has 0 spiro atoms. The van der Waals surface area contributed by atoms with Crippen LogP contribution in [0.5, 0.6) is 5.75 Å². The highest BCUT2D eigenvalue weighted by molar-refractivity contribution is 5.78. The van der Waals surface area contributed by atoms with E-state index in [9.17, 15) is 9.18 Å². The summed E-state index contributed by atoms with van der Waals surface area (Å²) < 4.78 is 19.2. The number of benzene rings is 2. The molecule has 1 fully saturated rings. The van der Waals surface area contributed by atoms with Gasteiger partial charge in [-0.1, -0.05) is 26.0 Å². The van der Waals surface area contributed by atoms with Gasteiger partial charge in [-0.2, -0.15) is 0 Å². The van der Waals surface area contributed by atoms with Crippen molar-refractivity contribution in [2.45, 2.75) is 52.9 Å². The molecule has 1 amide bonds. The molecule has 0 saturated carbocycles. The summed E-state index contributed by atoms with van der Waals surface area (Å²) >= 11 is 0. The maximum atomic E-state index is 13.2. The second kappa shape index (κ2) is 11.5. The van der Waals surface area contributed by atoms with Crippen LogP contribution in [-0.4, -0.2) is 65.5 Å². The number of anilines is 1. The molecular weight excluding hydrogens is 419 g/mol. The molecule has 2 N–H and O–H groups in total. The fourth-order valence-corrected chi connectivity index (χ4v) is 4.36. The number of carbonyl (C=O) groups is 1. The van der Waals surface area contributed by atoms with Crippen LogP contribution in [0.3, 0.4) is 0 Å². The van der Waals surface area contributed by atoms with Gasteiger partial charge in [-0.05, 0) is 62.8 Å². The lowest BCUT2D eigenvalue weighted by molar-refractivity contribution is -0.139. The Kier molecular flexibility index (Phi) is 8.69. The Labute approximate surface area is 197 Å². The number of ether oxygens (including phenoxy) is 1. The minimum Gasteiger partial charge on any atom is -0.483 e. The first-order valence-electron chi connectivity index (χ1n) is 11.8. The van der Waals surface area contributed by atoms with Gasteiger partial charge in [0.15, 0.2) is 6.61 Å². The van der Waals surface area contributed by atoms with Crippen molar-refractivity contribution >= 4 is 11.6 Å². The van der Waals surface area contributed by atoms with Gasteiger partial charge in [0.25, 0.3) is 5.91 Å². The van der Waals surface area contributed by atoms with E-state index in [1.54, 1.807) is 0 Å². The van der Waals surface area contributed by atoms with E-state index in [2.05, 4.69) is 37.5 Å². The molecule has 180 valence electrons. The fourth-order valence-electron chi connectivity index (χ4n) is 4.36. The van der Waals surface area contributed by atoms with Gasteiger partial charge in [0, 0.05) is 49.5 Å². The number of nitrogen functional groups attached to an aromatic ring is 1. The zero-order valence-electron chi connectivity index (χ0n) is 20.3. The molecule has 6 nitrogen and oxygen atoms in total. The van der Waals surface area contributed by atoms with Crippen molar-refractivity contribution in [1.82, 2.24) is 14.7 Å². The Morgan fingerprint density at radius 1 is 1.09 bits per heavy atom. The van der Waals surface area contributed by atoms with Gasteiger partial charge in [0.1, 0.15) is 11.6 Å². The molecule has 1 aliphatic heterocycles. The van der Waals surface area contributed by atoms with Crippen LogP contribution >= 0.6 is 0 Å². The zero-order valence-corrected chi connectivity index (χ0v) is 20.3. The summed E-state index contributed by atoms with van der Waals surface area (Å²) in [6.45, 7) is 13.2. The van der Waals surface area contributed by atoms with E-state index in [0.717, 1.165) is 43.9 Å². The first kappa shape index (κ1) is 25.0. The van der Waals surface area contributed by atoms with Crippen LogP contribution in [0.4, 0.5) is 10.1 Å². The quantitative estimate of drug-likeness (QED) is 0.583. The van der Waals surface area contributed by atoms with Crippen molar-refractivity contribution < 1.29 is 13.9 Å². The summed E-state index contributed by atoms with van der Waals surface area (Å²) in [5.74, 6) is 0.471. The molecule has 0 bridgehead atoms. The summed E-state index contributed by atoms with van der Waals surface area (Å²) in [6, 6.07) is 12.5. The Hall–Kier alpha value is -2.64. The molecular formula is C26H37FN4O2. The molecule has 2 aromatic rings. The Bertz CT molecular complexity index is 917. The van der Waals surface area contributed by atoms with Gasteiger partial charge in [0.2, 0.25) is 0 Å². The van der Waals surface area contributed by atoms with Crippen LogP contribution in [0.2, 0.25) is 0 Å². The van der Waals surface area contributed by atoms with E-state index in [1.807, 2.05) is 35.2 Å². The van der Waals surface area contributed by atoms with E-state index in [4.69, 9.17) is 10.5 Å². The standard InChI is InChI=1S/C26H37FN4O2/c1-5-29(6-2)17-22-13-24(28)11-12-25(22)33-18-26(32)31-15-19(3)30(14-20(31)4)16-21-7-9-23(27)10-8-21/h7-13,19-20H,5-6,14-18,28H2,1-4H3/t19-,20+/m0/s1. The summed E-state index contributed by atoms with van der Waals surface area (Å²) in [6.07, 6.45) is 0. The smallest absolute Gasteiger partial charge is 0.260 e. The lowest BCUT2D eigenvalue weighted by Crippen LogP contribution is -2.58. The van der Waals surface area contributed by atoms with Gasteiger partial charge in [0.05, 0.1) is 0 Å². The highest BCUT2D eigenvalue weighted by atomic mass is 19.1. The number of nitrogens with two attached hydrogens (primary N) is 1. The van der Waals surface area contributed by atoms with E-state index >= 15 is 0 Å². The van der Waals surface area contributed by atoms with Crippen molar-refractivity contribution in [2.24, 2.45) is 0 Å². The van der Waals surface area contributed by atoms with Crippen molar-refractivity contribution in [3.05, 3.63) is 59.4 Å². The average molecular weight is 457 g/mol. The molecule has 0 radical (unpaired) electrons. The number of piperazine rings is 1. The molecule has 33 heavy (non-hydrogen) atoms. The molecule has 3 rings (SSSR count). The van der Waals surface area contributed by atoms with Crippen LogP contribution in [0, 0.1) is 5.82 Å². The summed E-state index contributed by atoms with van der Waals surface area (Å²) in [4.78, 5) is 19.6. The van der Waals surface area contributed by atoms with Crippen molar-refractivity contribution in [1.29, 1.82) is 0 Å². The van der Waals surface area contributed by atoms with Gasteiger partial charge >= 0.3 is 0 Å². The largest absolute Gasteiger partial charge is 0.483 e. The average Bonchev–Trinajstić information content (AvgIpc) is 2.80. The third kappa shape index (κ3) is 6.68. The van der Waals surface area contributed by atoms with E-state index in [1.165, 1.54) is 12.1 Å². The molecule has 1 saturated heterocycles. The van der Waals surface area contributed by atoms with Gasteiger partial charge in [-0.25, -0.2) is 4.39 Å². The highest BCUT2D eigenvalue weighted by Gasteiger charge is 2.32. The molecule has 7 heteroatoms. The summed E-state index contributed by atoms with van der Waals surface area (Å²) in [5, 5.41) is 0. The predicted octanol–water partition coefficient (Wildman–Crippen LogP) is 3.75. The van der Waals surface area contributed by atoms with Gasteiger partial charge in [-0.15, -0.1) is 0 Å². The SMILES string of the molecule is CCN(CC)Cc1cc(N)ccc1OCC(=O)N1C[C@H](C)N(Cc2ccc(F)cc2)C[C@H]1C. The summed E-state index contributed by atoms with van der Waals surface area (Å²) in [7, 11) is 0. The van der Waals surface area contributed by atoms with Crippen molar-refractivity contribution in [3.63, 3.8) is 0 Å². The number of halogens is 1. The minimum absolute atomic E-state index is 0.00416. The molecule has 0 aromatic heterocycles. The maximum absolute atomic E-state index is 13.2.